The summed E-state index contributed by atoms with van der Waals surface area (Å²) in [6.45, 7) is 6.44. The number of hydrogen-bond acceptors (Lipinski definition) is 1. The second-order valence-corrected chi connectivity index (χ2v) is 6.42. The maximum absolute atomic E-state index is 12.2. The first kappa shape index (κ1) is 16.5. The molecular weight excluding hydrogens is 270 g/mol. The van der Waals surface area contributed by atoms with Gasteiger partial charge in [-0.15, -0.1) is 0 Å². The summed E-state index contributed by atoms with van der Waals surface area (Å²) in [4.78, 5) is 12.2. The minimum Gasteiger partial charge on any atom is -0.347 e. The highest BCUT2D eigenvalue weighted by atomic mass is 16.1. The van der Waals surface area contributed by atoms with Gasteiger partial charge in [0.05, 0.1) is 0 Å². The number of allylic oxidation sites excluding steroid dienone is 4. The van der Waals surface area contributed by atoms with Crippen molar-refractivity contribution in [3.8, 4) is 0 Å². The Balaban J connectivity index is 2.20. The van der Waals surface area contributed by atoms with Crippen molar-refractivity contribution in [3.05, 3.63) is 55.8 Å². The molecule has 2 rings (SSSR count). The molecule has 0 aliphatic heterocycles. The van der Waals surface area contributed by atoms with Crippen molar-refractivity contribution in [3.63, 3.8) is 0 Å². The molecule has 0 amide bonds. The van der Waals surface area contributed by atoms with E-state index in [0.717, 1.165) is 48.4 Å². The van der Waals surface area contributed by atoms with Crippen molar-refractivity contribution in [2.75, 3.05) is 0 Å². The summed E-state index contributed by atoms with van der Waals surface area (Å²) in [5.41, 5.74) is 4.02. The second-order valence-electron chi connectivity index (χ2n) is 6.42. The zero-order valence-electron chi connectivity index (χ0n) is 14.3. The van der Waals surface area contributed by atoms with Gasteiger partial charge in [0.15, 0.2) is 5.43 Å². The van der Waals surface area contributed by atoms with E-state index in [-0.39, 0.29) is 5.43 Å². The molecule has 118 valence electrons. The van der Waals surface area contributed by atoms with E-state index in [9.17, 15) is 4.79 Å². The molecule has 0 fully saturated rings. The summed E-state index contributed by atoms with van der Waals surface area (Å²) in [6, 6.07) is 1.80. The Hall–Kier alpha value is -1.83. The lowest BCUT2D eigenvalue weighted by Gasteiger charge is -2.11. The maximum Gasteiger partial charge on any atom is 0.189 e. The molecule has 0 atom stereocenters. The third kappa shape index (κ3) is 4.09. The summed E-state index contributed by atoms with van der Waals surface area (Å²) < 4.78 is 2.17. The van der Waals surface area contributed by atoms with Crippen LogP contribution in [0.15, 0.2) is 34.2 Å². The fourth-order valence-electron chi connectivity index (χ4n) is 2.85. The highest BCUT2D eigenvalue weighted by Gasteiger charge is 2.04. The van der Waals surface area contributed by atoms with Gasteiger partial charge in [-0.2, -0.15) is 0 Å². The number of nitrogens with zero attached hydrogens (tertiary/aromatic N) is 1. The van der Waals surface area contributed by atoms with Crippen LogP contribution in [0.25, 0.3) is 12.2 Å². The van der Waals surface area contributed by atoms with E-state index in [1.165, 1.54) is 11.1 Å². The van der Waals surface area contributed by atoms with Crippen molar-refractivity contribution in [2.45, 2.75) is 52.9 Å². The lowest BCUT2D eigenvalue weighted by Crippen LogP contribution is -2.46. The average Bonchev–Trinajstić information content (AvgIpc) is 2.49. The van der Waals surface area contributed by atoms with Crippen molar-refractivity contribution in [1.29, 1.82) is 0 Å². The average molecular weight is 297 g/mol. The molecule has 0 spiro atoms. The van der Waals surface area contributed by atoms with Gasteiger partial charge in [-0.3, -0.25) is 4.79 Å². The number of pyridine rings is 1. The second kappa shape index (κ2) is 7.44. The van der Waals surface area contributed by atoms with Crippen LogP contribution in [0.3, 0.4) is 0 Å². The normalized spacial score (nSPS) is 13.9. The van der Waals surface area contributed by atoms with Crippen LogP contribution in [0.2, 0.25) is 0 Å². The van der Waals surface area contributed by atoms with Gasteiger partial charge in [-0.1, -0.05) is 35.5 Å². The van der Waals surface area contributed by atoms with Crippen LogP contribution in [0.1, 0.15) is 52.1 Å². The summed E-state index contributed by atoms with van der Waals surface area (Å²) >= 11 is 0. The molecule has 0 radical (unpaired) electrons. The molecule has 1 heterocycles. The van der Waals surface area contributed by atoms with Gasteiger partial charge in [-0.05, 0) is 46.5 Å². The molecule has 0 N–H and O–H groups in total. The van der Waals surface area contributed by atoms with Gasteiger partial charge in [0.2, 0.25) is 0 Å². The Morgan fingerprint density at radius 2 is 1.91 bits per heavy atom. The first-order valence-corrected chi connectivity index (χ1v) is 8.17. The van der Waals surface area contributed by atoms with Crippen LogP contribution in [-0.4, -0.2) is 4.57 Å². The number of aromatic nitrogens is 1. The summed E-state index contributed by atoms with van der Waals surface area (Å²) in [5.74, 6) is 0. The van der Waals surface area contributed by atoms with Crippen LogP contribution in [0.5, 0.6) is 0 Å². The molecule has 1 aliphatic rings. The van der Waals surface area contributed by atoms with E-state index in [1.807, 2.05) is 0 Å². The zero-order valence-corrected chi connectivity index (χ0v) is 14.3. The first-order chi connectivity index (χ1) is 10.5. The molecule has 2 nitrogen and oxygen atoms in total. The predicted molar refractivity (Wildman–Crippen MR) is 95.2 cm³/mol. The van der Waals surface area contributed by atoms with E-state index in [0.29, 0.717) is 0 Å². The lowest BCUT2D eigenvalue weighted by atomic mass is 10.1. The lowest BCUT2D eigenvalue weighted by molar-refractivity contribution is 0.780. The molecular formula is C20H27NO. The zero-order chi connectivity index (χ0) is 16.1. The third-order valence-electron chi connectivity index (χ3n) is 4.24. The summed E-state index contributed by atoms with van der Waals surface area (Å²) in [6.07, 6.45) is 13.8. The minimum atomic E-state index is 0.162. The van der Waals surface area contributed by atoms with Crippen LogP contribution in [0, 0.1) is 0 Å². The molecule has 1 aromatic heterocycles. The largest absolute Gasteiger partial charge is 0.347 e. The molecule has 0 bridgehead atoms. The Bertz CT molecular complexity index is 771. The topological polar surface area (TPSA) is 22.0 Å². The van der Waals surface area contributed by atoms with Gasteiger partial charge in [-0.25, -0.2) is 0 Å². The molecule has 0 saturated carbocycles. The standard InChI is InChI=1S/C20H27NO/c1-15(2)8-7-9-16(3)12-13-17-14-20(22)18-10-5-6-11-19(18)21(17)4/h8,10-12,14H,5-7,9,13H2,1-4H3/b16-12+. The number of fused-ring (bicyclic) bond motifs is 1. The fraction of sp³-hybridized carbons (Fsp3) is 0.450. The Morgan fingerprint density at radius 3 is 2.64 bits per heavy atom. The van der Waals surface area contributed by atoms with Crippen LogP contribution < -0.4 is 16.0 Å². The van der Waals surface area contributed by atoms with E-state index in [2.05, 4.69) is 56.7 Å². The molecule has 1 aromatic rings. The Labute approximate surface area is 133 Å². The van der Waals surface area contributed by atoms with Gasteiger partial charge in [0.1, 0.15) is 0 Å². The van der Waals surface area contributed by atoms with E-state index >= 15 is 0 Å². The van der Waals surface area contributed by atoms with Gasteiger partial charge >= 0.3 is 0 Å². The Kier molecular flexibility index (Phi) is 5.59. The molecule has 0 unspecified atom stereocenters. The SMILES string of the molecule is CC(C)=CCC/C(C)=C/Cc1cc(=O)c2c(n1C)=CCCC=2. The molecule has 0 aromatic carbocycles. The minimum absolute atomic E-state index is 0.162. The van der Waals surface area contributed by atoms with Crippen molar-refractivity contribution in [1.82, 2.24) is 4.57 Å². The summed E-state index contributed by atoms with van der Waals surface area (Å²) in [7, 11) is 2.07. The van der Waals surface area contributed by atoms with Crippen molar-refractivity contribution < 1.29 is 0 Å². The van der Waals surface area contributed by atoms with Crippen LogP contribution in [-0.2, 0) is 13.5 Å². The van der Waals surface area contributed by atoms with Crippen molar-refractivity contribution in [2.24, 2.45) is 7.05 Å². The Morgan fingerprint density at radius 1 is 1.18 bits per heavy atom. The monoisotopic (exact) mass is 297 g/mol. The molecule has 22 heavy (non-hydrogen) atoms. The van der Waals surface area contributed by atoms with Gasteiger partial charge in [0.25, 0.3) is 0 Å². The van der Waals surface area contributed by atoms with E-state index < -0.39 is 0 Å². The molecule has 0 saturated heterocycles. The molecule has 1 aliphatic carbocycles. The van der Waals surface area contributed by atoms with E-state index in [1.54, 1.807) is 6.07 Å². The van der Waals surface area contributed by atoms with Gasteiger partial charge in [0, 0.05) is 35.8 Å². The first-order valence-electron chi connectivity index (χ1n) is 8.17. The van der Waals surface area contributed by atoms with Crippen LogP contribution in [0.4, 0.5) is 0 Å². The van der Waals surface area contributed by atoms with Crippen molar-refractivity contribution >= 4 is 12.2 Å². The maximum atomic E-state index is 12.2. The smallest absolute Gasteiger partial charge is 0.189 e. The predicted octanol–water partition coefficient (Wildman–Crippen LogP) is 2.98. The quantitative estimate of drug-likeness (QED) is 0.766. The molecule has 2 heteroatoms. The highest BCUT2D eigenvalue weighted by Crippen LogP contribution is 2.08. The fourth-order valence-corrected chi connectivity index (χ4v) is 2.85. The third-order valence-corrected chi connectivity index (χ3v) is 4.24. The highest BCUT2D eigenvalue weighted by molar-refractivity contribution is 5.36. The summed E-state index contributed by atoms with van der Waals surface area (Å²) in [5, 5.41) is 1.96. The van der Waals surface area contributed by atoms with Crippen LogP contribution >= 0.6 is 0 Å². The van der Waals surface area contributed by atoms with E-state index in [4.69, 9.17) is 0 Å². The number of hydrogen-bond donors (Lipinski definition) is 0. The number of rotatable bonds is 5. The van der Waals surface area contributed by atoms with Gasteiger partial charge < -0.3 is 4.57 Å².